The number of rotatable bonds is 4. The fraction of sp³-hybridized carbons (Fsp3) is 0.0714. The summed E-state index contributed by atoms with van der Waals surface area (Å²) in [6.45, 7) is 0. The Morgan fingerprint density at radius 2 is 1.95 bits per heavy atom. The Kier molecular flexibility index (Phi) is 3.69. The van der Waals surface area contributed by atoms with Crippen LogP contribution < -0.4 is 4.72 Å². The first-order valence-corrected chi connectivity index (χ1v) is 8.57. The van der Waals surface area contributed by atoms with Crippen LogP contribution in [-0.2, 0) is 15.8 Å². The second-order valence-corrected chi connectivity index (χ2v) is 7.13. The molecule has 0 atom stereocenters. The monoisotopic (exact) mass is 366 g/mol. The van der Waals surface area contributed by atoms with E-state index >= 15 is 0 Å². The van der Waals surface area contributed by atoms with Gasteiger partial charge in [-0.05, 0) is 30.3 Å². The van der Waals surface area contributed by atoms with Gasteiger partial charge in [0.05, 0.1) is 0 Å². The van der Waals surface area contributed by atoms with Crippen LogP contribution in [-0.4, -0.2) is 13.6 Å². The van der Waals surface area contributed by atoms with E-state index in [-0.39, 0.29) is 5.75 Å². The van der Waals surface area contributed by atoms with E-state index < -0.39 is 10.0 Å². The molecule has 1 aromatic heterocycles. The zero-order valence-electron chi connectivity index (χ0n) is 10.8. The molecule has 0 amide bonds. The number of nitrogens with one attached hydrogen (secondary N) is 1. The molecule has 0 saturated heterocycles. The largest absolute Gasteiger partial charge is 0.356 e. The SMILES string of the molecule is O=S(=O)(Cc1noc2ccccc12)Nc1cccc(Br)c1. The van der Waals surface area contributed by atoms with Crippen molar-refractivity contribution in [2.45, 2.75) is 5.75 Å². The second kappa shape index (κ2) is 5.50. The Balaban J connectivity index is 1.86. The van der Waals surface area contributed by atoms with Crippen molar-refractivity contribution in [1.82, 2.24) is 5.16 Å². The van der Waals surface area contributed by atoms with Gasteiger partial charge in [0.2, 0.25) is 10.0 Å². The number of hydrogen-bond acceptors (Lipinski definition) is 4. The summed E-state index contributed by atoms with van der Waals surface area (Å²) in [4.78, 5) is 0. The standard InChI is InChI=1S/C14H11BrN2O3S/c15-10-4-3-5-11(8-10)17-21(18,19)9-13-12-6-1-2-7-14(12)20-16-13/h1-8,17H,9H2. The third-order valence-corrected chi connectivity index (χ3v) is 4.57. The first kappa shape index (κ1) is 14.1. The fourth-order valence-corrected chi connectivity index (χ4v) is 3.52. The van der Waals surface area contributed by atoms with Crippen LogP contribution in [0.25, 0.3) is 11.0 Å². The number of fused-ring (bicyclic) bond motifs is 1. The molecule has 3 rings (SSSR count). The lowest BCUT2D eigenvalue weighted by atomic mass is 10.2. The molecule has 0 aliphatic carbocycles. The van der Waals surface area contributed by atoms with Gasteiger partial charge in [0.25, 0.3) is 0 Å². The van der Waals surface area contributed by atoms with E-state index in [1.54, 1.807) is 30.3 Å². The Labute approximate surface area is 130 Å². The van der Waals surface area contributed by atoms with Crippen LogP contribution in [0.5, 0.6) is 0 Å². The average Bonchev–Trinajstić information content (AvgIpc) is 2.81. The van der Waals surface area contributed by atoms with Crippen LogP contribution in [0.3, 0.4) is 0 Å². The van der Waals surface area contributed by atoms with Crippen molar-refractivity contribution in [2.75, 3.05) is 4.72 Å². The molecule has 1 N–H and O–H groups in total. The molecule has 0 radical (unpaired) electrons. The highest BCUT2D eigenvalue weighted by molar-refractivity contribution is 9.10. The maximum absolute atomic E-state index is 12.2. The van der Waals surface area contributed by atoms with Crippen LogP contribution in [0.2, 0.25) is 0 Å². The van der Waals surface area contributed by atoms with E-state index in [0.717, 1.165) is 4.47 Å². The molecule has 5 nitrogen and oxygen atoms in total. The summed E-state index contributed by atoms with van der Waals surface area (Å²) in [5.41, 5.74) is 1.47. The van der Waals surface area contributed by atoms with Crippen molar-refractivity contribution < 1.29 is 12.9 Å². The van der Waals surface area contributed by atoms with E-state index in [0.29, 0.717) is 22.4 Å². The molecule has 7 heteroatoms. The van der Waals surface area contributed by atoms with E-state index in [2.05, 4.69) is 25.8 Å². The predicted octanol–water partition coefficient (Wildman–Crippen LogP) is 3.53. The van der Waals surface area contributed by atoms with Gasteiger partial charge in [-0.1, -0.05) is 39.3 Å². The van der Waals surface area contributed by atoms with Crippen LogP contribution in [0, 0.1) is 0 Å². The number of hydrogen-bond donors (Lipinski definition) is 1. The van der Waals surface area contributed by atoms with Gasteiger partial charge in [-0.3, -0.25) is 4.72 Å². The van der Waals surface area contributed by atoms with Gasteiger partial charge in [-0.25, -0.2) is 8.42 Å². The van der Waals surface area contributed by atoms with Crippen LogP contribution in [0.4, 0.5) is 5.69 Å². The smallest absolute Gasteiger partial charge is 0.238 e. The Hall–Kier alpha value is -1.86. The first-order chi connectivity index (χ1) is 10.0. The van der Waals surface area contributed by atoms with Crippen molar-refractivity contribution in [2.24, 2.45) is 0 Å². The van der Waals surface area contributed by atoms with Gasteiger partial charge >= 0.3 is 0 Å². The summed E-state index contributed by atoms with van der Waals surface area (Å²) in [5, 5.41) is 4.54. The van der Waals surface area contributed by atoms with Gasteiger partial charge in [-0.2, -0.15) is 0 Å². The van der Waals surface area contributed by atoms with Crippen molar-refractivity contribution in [3.63, 3.8) is 0 Å². The minimum absolute atomic E-state index is 0.240. The molecule has 0 spiro atoms. The molecular weight excluding hydrogens is 356 g/mol. The number of sulfonamides is 1. The third-order valence-electron chi connectivity index (χ3n) is 2.88. The van der Waals surface area contributed by atoms with Gasteiger partial charge in [-0.15, -0.1) is 0 Å². The zero-order chi connectivity index (χ0) is 14.9. The highest BCUT2D eigenvalue weighted by atomic mass is 79.9. The molecule has 21 heavy (non-hydrogen) atoms. The van der Waals surface area contributed by atoms with Gasteiger partial charge in [0.1, 0.15) is 11.4 Å². The molecule has 108 valence electrons. The number of anilines is 1. The van der Waals surface area contributed by atoms with Crippen molar-refractivity contribution in [3.05, 3.63) is 58.7 Å². The minimum Gasteiger partial charge on any atom is -0.356 e. The summed E-state index contributed by atoms with van der Waals surface area (Å²) in [6.07, 6.45) is 0. The Morgan fingerprint density at radius 1 is 1.14 bits per heavy atom. The molecule has 0 fully saturated rings. The quantitative estimate of drug-likeness (QED) is 0.766. The summed E-state index contributed by atoms with van der Waals surface area (Å²) in [6, 6.07) is 14.1. The predicted molar refractivity (Wildman–Crippen MR) is 84.4 cm³/mol. The molecule has 2 aromatic carbocycles. The second-order valence-electron chi connectivity index (χ2n) is 4.50. The number of para-hydroxylation sites is 1. The lowest BCUT2D eigenvalue weighted by Crippen LogP contribution is -2.15. The normalized spacial score (nSPS) is 11.7. The fourth-order valence-electron chi connectivity index (χ4n) is 1.99. The molecular formula is C14H11BrN2O3S. The summed E-state index contributed by atoms with van der Waals surface area (Å²) in [5.74, 6) is -0.240. The number of nitrogens with zero attached hydrogens (tertiary/aromatic N) is 1. The first-order valence-electron chi connectivity index (χ1n) is 6.13. The average molecular weight is 367 g/mol. The molecule has 0 aliphatic heterocycles. The summed E-state index contributed by atoms with van der Waals surface area (Å²) < 4.78 is 32.9. The van der Waals surface area contributed by atoms with E-state index in [1.165, 1.54) is 0 Å². The molecule has 0 bridgehead atoms. The summed E-state index contributed by atoms with van der Waals surface area (Å²) >= 11 is 3.30. The van der Waals surface area contributed by atoms with Gasteiger partial charge in [0.15, 0.2) is 5.58 Å². The van der Waals surface area contributed by atoms with Crippen LogP contribution in [0.1, 0.15) is 5.69 Å². The lowest BCUT2D eigenvalue weighted by molar-refractivity contribution is 0.448. The molecule has 3 aromatic rings. The van der Waals surface area contributed by atoms with Gasteiger partial charge in [0, 0.05) is 15.5 Å². The summed E-state index contributed by atoms with van der Waals surface area (Å²) in [7, 11) is -3.56. The number of benzene rings is 2. The highest BCUT2D eigenvalue weighted by Crippen LogP contribution is 2.22. The number of halogens is 1. The third kappa shape index (κ3) is 3.25. The lowest BCUT2D eigenvalue weighted by Gasteiger charge is -2.06. The number of aromatic nitrogens is 1. The van der Waals surface area contributed by atoms with E-state index in [4.69, 9.17) is 4.52 Å². The Bertz CT molecular complexity index is 890. The molecule has 0 unspecified atom stereocenters. The van der Waals surface area contributed by atoms with Crippen molar-refractivity contribution in [1.29, 1.82) is 0 Å². The van der Waals surface area contributed by atoms with E-state index in [1.807, 2.05) is 18.2 Å². The maximum Gasteiger partial charge on any atom is 0.238 e. The zero-order valence-corrected chi connectivity index (χ0v) is 13.2. The Morgan fingerprint density at radius 3 is 2.76 bits per heavy atom. The van der Waals surface area contributed by atoms with E-state index in [9.17, 15) is 8.42 Å². The van der Waals surface area contributed by atoms with Crippen molar-refractivity contribution >= 4 is 42.6 Å². The topological polar surface area (TPSA) is 72.2 Å². The highest BCUT2D eigenvalue weighted by Gasteiger charge is 2.17. The van der Waals surface area contributed by atoms with Crippen LogP contribution >= 0.6 is 15.9 Å². The van der Waals surface area contributed by atoms with Crippen LogP contribution in [0.15, 0.2) is 57.5 Å². The molecule has 0 aliphatic rings. The van der Waals surface area contributed by atoms with Crippen molar-refractivity contribution in [3.8, 4) is 0 Å². The maximum atomic E-state index is 12.2. The minimum atomic E-state index is -3.56. The molecule has 1 heterocycles. The van der Waals surface area contributed by atoms with Gasteiger partial charge < -0.3 is 4.52 Å². The molecule has 0 saturated carbocycles.